The van der Waals surface area contributed by atoms with Crippen LogP contribution < -0.4 is 0 Å². The van der Waals surface area contributed by atoms with E-state index in [0.29, 0.717) is 0 Å². The second kappa shape index (κ2) is 11.1. The number of hydrogen-bond acceptors (Lipinski definition) is 3. The van der Waals surface area contributed by atoms with Crippen LogP contribution in [0.15, 0.2) is 0 Å². The molecule has 0 aromatic rings. The molecule has 0 atom stereocenters. The standard InChI is InChI=1S/3C2H7NS.3F6P/c3*1-3(2)4;3*1-7(2,3,4,5)6/h3*4H,1-2H3;;;/q;;;3*-1/p+3. The van der Waals surface area contributed by atoms with E-state index >= 15 is 0 Å². The predicted octanol–water partition coefficient (Wildman–Crippen LogP) is 8.57. The van der Waals surface area contributed by atoms with E-state index in [2.05, 4.69) is 38.4 Å². The van der Waals surface area contributed by atoms with Crippen molar-refractivity contribution in [2.75, 3.05) is 42.3 Å². The van der Waals surface area contributed by atoms with E-state index in [1.807, 2.05) is 42.3 Å². The molecule has 27 heteroatoms. The monoisotopic (exact) mass is 669 g/mol. The molecule has 0 aromatic carbocycles. The molecule has 0 amide bonds. The molecule has 0 heterocycles. The molecule has 0 fully saturated rings. The number of rotatable bonds is 0. The third-order valence-electron chi connectivity index (χ3n) is 0. The van der Waals surface area contributed by atoms with Crippen molar-refractivity contribution in [2.45, 2.75) is 0 Å². The van der Waals surface area contributed by atoms with Gasteiger partial charge in [-0.25, -0.2) is 0 Å². The van der Waals surface area contributed by atoms with Gasteiger partial charge in [-0.15, -0.1) is 12.9 Å². The van der Waals surface area contributed by atoms with Gasteiger partial charge in [-0.1, -0.05) is 0 Å². The maximum atomic E-state index is 9.87. The van der Waals surface area contributed by atoms with Crippen LogP contribution in [-0.4, -0.2) is 55.2 Å². The Hall–Kier alpha value is 0.960. The molecule has 0 saturated carbocycles. The summed E-state index contributed by atoms with van der Waals surface area (Å²) in [7, 11) is -20.5. The summed E-state index contributed by atoms with van der Waals surface area (Å²) in [5, 5.41) is 0. The molecule has 0 aliphatic rings. The van der Waals surface area contributed by atoms with Gasteiger partial charge in [0, 0.05) is 80.7 Å². The van der Waals surface area contributed by atoms with Crippen LogP contribution in [0.2, 0.25) is 0 Å². The summed E-state index contributed by atoms with van der Waals surface area (Å²) in [4.78, 5) is 0. The van der Waals surface area contributed by atoms with Crippen LogP contribution in [0.4, 0.5) is 75.5 Å². The third kappa shape index (κ3) is 34300. The topological polar surface area (TPSA) is 9.72 Å². The molecule has 222 valence electrons. The quantitative estimate of drug-likeness (QED) is 0.146. The predicted molar refractivity (Wildman–Crippen MR) is 112 cm³/mol. The van der Waals surface area contributed by atoms with Crippen molar-refractivity contribution in [3.05, 3.63) is 0 Å². The molecule has 0 aromatic heterocycles. The molecule has 0 spiro atoms. The van der Waals surface area contributed by atoms with Gasteiger partial charge in [0.15, 0.2) is 0 Å². The van der Waals surface area contributed by atoms with Crippen LogP contribution in [0, 0.1) is 0 Å². The molecule has 0 rings (SSSR count). The normalized spacial score (nSPS) is 18.0. The summed E-state index contributed by atoms with van der Waals surface area (Å²) < 4.78 is 183. The van der Waals surface area contributed by atoms with Crippen LogP contribution >= 0.6 is 23.4 Å². The Morgan fingerprint density at radius 2 is 0.303 bits per heavy atom. The van der Waals surface area contributed by atoms with Crippen molar-refractivity contribution in [2.24, 2.45) is 0 Å². The van der Waals surface area contributed by atoms with Gasteiger partial charge in [0.05, 0.1) is 0 Å². The first-order chi connectivity index (χ1) is 12.5. The minimum absolute atomic E-state index is 1.81. The average molecular weight is 669 g/mol. The summed E-state index contributed by atoms with van der Waals surface area (Å²) in [6.45, 7) is 0. The van der Waals surface area contributed by atoms with Crippen LogP contribution in [0.5, 0.6) is 0 Å². The fourth-order valence-electron chi connectivity index (χ4n) is 0. The summed E-state index contributed by atoms with van der Waals surface area (Å²) in [6, 6.07) is 0. The van der Waals surface area contributed by atoms with Crippen molar-refractivity contribution >= 4 is 61.9 Å². The second-order valence-electron chi connectivity index (χ2n) is 5.56. The van der Waals surface area contributed by atoms with E-state index in [-0.39, 0.29) is 0 Å². The molecule has 33 heavy (non-hydrogen) atoms. The molecule has 3 nitrogen and oxygen atoms in total. The zero-order valence-corrected chi connectivity index (χ0v) is 22.7. The Labute approximate surface area is 193 Å². The molecular weight excluding hydrogens is 645 g/mol. The van der Waals surface area contributed by atoms with Gasteiger partial charge in [0.25, 0.3) is 0 Å². The summed E-state index contributed by atoms with van der Waals surface area (Å²) >= 11 is 9.44. The van der Waals surface area contributed by atoms with Gasteiger partial charge in [0.2, 0.25) is 0 Å². The fraction of sp³-hybridized carbons (Fsp3) is 1.00. The molecule has 0 saturated heterocycles. The average Bonchev–Trinajstić information content (AvgIpc) is 1.92. The van der Waals surface area contributed by atoms with Crippen LogP contribution in [0.3, 0.4) is 0 Å². The molecule has 0 aliphatic carbocycles. The molecule has 0 aliphatic heterocycles. The van der Waals surface area contributed by atoms with E-state index in [4.69, 9.17) is 0 Å². The zero-order chi connectivity index (χ0) is 30.0. The Balaban J connectivity index is -0.0000000677. The van der Waals surface area contributed by atoms with E-state index in [1.165, 1.54) is 0 Å². The van der Waals surface area contributed by atoms with E-state index in [0.717, 1.165) is 0 Å². The van der Waals surface area contributed by atoms with Gasteiger partial charge in [-0.05, 0) is 0 Å². The SMILES string of the molecule is CN(C)[SH2+].CN(C)[SH2+].CN(C)[SH2+].F[P-](F)(F)(F)(F)F.F[P-](F)(F)(F)(F)F.F[P-](F)(F)(F)(F)F. The number of nitrogens with zero attached hydrogens (tertiary/aromatic N) is 3. The molecular formula is C6H24F18N3P3S3. The number of hydrogen-bond donors (Lipinski definition) is 0. The summed E-state index contributed by atoms with van der Waals surface area (Å²) in [6.07, 6.45) is 0. The van der Waals surface area contributed by atoms with E-state index in [1.54, 1.807) is 12.9 Å². The first kappa shape index (κ1) is 47.2. The fourth-order valence-corrected chi connectivity index (χ4v) is 0. The van der Waals surface area contributed by atoms with Gasteiger partial charge in [-0.2, -0.15) is 0 Å². The van der Waals surface area contributed by atoms with Crippen LogP contribution in [0.25, 0.3) is 0 Å². The number of halogens is 18. The van der Waals surface area contributed by atoms with Gasteiger partial charge < -0.3 is 0 Å². The van der Waals surface area contributed by atoms with Gasteiger partial charge in [-0.3, -0.25) is 0 Å². The molecule has 0 unspecified atom stereocenters. The Morgan fingerprint density at radius 3 is 0.303 bits per heavy atom. The van der Waals surface area contributed by atoms with Crippen molar-refractivity contribution < 1.29 is 75.5 Å². The van der Waals surface area contributed by atoms with Gasteiger partial charge >= 0.3 is 99.0 Å². The Morgan fingerprint density at radius 1 is 0.303 bits per heavy atom. The van der Waals surface area contributed by atoms with Crippen molar-refractivity contribution in [1.29, 1.82) is 0 Å². The first-order valence-corrected chi connectivity index (χ1v) is 13.8. The Bertz CT molecular complexity index is 407. The van der Waals surface area contributed by atoms with Gasteiger partial charge in [0.1, 0.15) is 0 Å². The molecule has 0 radical (unpaired) electrons. The van der Waals surface area contributed by atoms with Crippen molar-refractivity contribution in [3.63, 3.8) is 0 Å². The molecule has 0 bridgehead atoms. The van der Waals surface area contributed by atoms with Crippen LogP contribution in [0.1, 0.15) is 0 Å². The summed E-state index contributed by atoms with van der Waals surface area (Å²) in [5.74, 6) is 0. The van der Waals surface area contributed by atoms with Crippen molar-refractivity contribution in [3.8, 4) is 0 Å². The van der Waals surface area contributed by atoms with E-state index in [9.17, 15) is 75.5 Å². The minimum atomic E-state index is -10.7. The van der Waals surface area contributed by atoms with Crippen molar-refractivity contribution in [1.82, 2.24) is 12.9 Å². The molecule has 0 N–H and O–H groups in total. The maximum absolute atomic E-state index is 10.7. The Kier molecular flexibility index (Phi) is 15.9. The second-order valence-corrected chi connectivity index (χ2v) is 14.0. The van der Waals surface area contributed by atoms with E-state index < -0.39 is 23.4 Å². The first-order valence-electron chi connectivity index (χ1n) is 6.40. The van der Waals surface area contributed by atoms with Crippen LogP contribution in [-0.2, 0) is 38.4 Å². The zero-order valence-electron chi connectivity index (χ0n) is 17.0. The summed E-state index contributed by atoms with van der Waals surface area (Å²) in [5.41, 5.74) is 0. The third-order valence-corrected chi connectivity index (χ3v) is 0.